The van der Waals surface area contributed by atoms with Crippen LogP contribution in [0.5, 0.6) is 5.75 Å². The van der Waals surface area contributed by atoms with Crippen molar-refractivity contribution >= 4 is 10.0 Å². The average Bonchev–Trinajstić information content (AvgIpc) is 2.42. The third kappa shape index (κ3) is 2.82. The molecule has 1 fully saturated rings. The smallest absolute Gasteiger partial charge is 0.243 e. The third-order valence-corrected chi connectivity index (χ3v) is 5.49. The van der Waals surface area contributed by atoms with E-state index < -0.39 is 10.0 Å². The second-order valence-corrected chi connectivity index (χ2v) is 7.25. The zero-order valence-corrected chi connectivity index (χ0v) is 12.9. The first-order valence-corrected chi connectivity index (χ1v) is 8.19. The van der Waals surface area contributed by atoms with Crippen molar-refractivity contribution in [1.29, 1.82) is 0 Å². The summed E-state index contributed by atoms with van der Waals surface area (Å²) in [6.07, 6.45) is 0. The summed E-state index contributed by atoms with van der Waals surface area (Å²) >= 11 is 0. The molecule has 112 valence electrons. The number of sulfonamides is 1. The second-order valence-electron chi connectivity index (χ2n) is 5.35. The van der Waals surface area contributed by atoms with E-state index in [0.717, 1.165) is 0 Å². The summed E-state index contributed by atoms with van der Waals surface area (Å²) in [5.41, 5.74) is 1.22. The van der Waals surface area contributed by atoms with E-state index in [4.69, 9.17) is 4.74 Å². The molecule has 20 heavy (non-hydrogen) atoms. The van der Waals surface area contributed by atoms with Crippen molar-refractivity contribution in [1.82, 2.24) is 4.31 Å². The van der Waals surface area contributed by atoms with Gasteiger partial charge in [0.1, 0.15) is 5.75 Å². The molecule has 0 amide bonds. The Bertz CT molecular complexity index is 589. The highest BCUT2D eigenvalue weighted by molar-refractivity contribution is 7.89. The molecule has 0 aliphatic carbocycles. The van der Waals surface area contributed by atoms with E-state index in [1.165, 1.54) is 4.31 Å². The first-order chi connectivity index (χ1) is 9.34. The highest BCUT2D eigenvalue weighted by Crippen LogP contribution is 2.32. The largest absolute Gasteiger partial charge is 0.508 e. The Hall–Kier alpha value is -1.11. The molecule has 1 aliphatic rings. The van der Waals surface area contributed by atoms with Crippen LogP contribution in [0.2, 0.25) is 0 Å². The Balaban J connectivity index is 2.52. The molecule has 1 saturated heterocycles. The number of phenols is 1. The summed E-state index contributed by atoms with van der Waals surface area (Å²) in [5.74, 6) is 0.155. The van der Waals surface area contributed by atoms with Gasteiger partial charge in [0, 0.05) is 13.1 Å². The minimum atomic E-state index is -3.53. The molecule has 1 aromatic carbocycles. The molecule has 0 aromatic heterocycles. The summed E-state index contributed by atoms with van der Waals surface area (Å²) in [4.78, 5) is 0.296. The van der Waals surface area contributed by atoms with Crippen LogP contribution in [0.3, 0.4) is 0 Å². The van der Waals surface area contributed by atoms with Crippen molar-refractivity contribution in [3.8, 4) is 5.75 Å². The Morgan fingerprint density at radius 2 is 1.85 bits per heavy atom. The minimum absolute atomic E-state index is 0.0207. The number of aromatic hydroxyl groups is 1. The highest BCUT2D eigenvalue weighted by Gasteiger charge is 2.29. The van der Waals surface area contributed by atoms with Gasteiger partial charge in [-0.25, -0.2) is 8.42 Å². The van der Waals surface area contributed by atoms with Gasteiger partial charge in [-0.15, -0.1) is 0 Å². The monoisotopic (exact) mass is 299 g/mol. The lowest BCUT2D eigenvalue weighted by atomic mass is 10.0. The number of nitrogens with zero attached hydrogens (tertiary/aromatic N) is 1. The van der Waals surface area contributed by atoms with Crippen LogP contribution in [-0.2, 0) is 14.8 Å². The number of aryl methyl sites for hydroxylation is 1. The molecule has 1 aliphatic heterocycles. The summed E-state index contributed by atoms with van der Waals surface area (Å²) < 4.78 is 32.2. The molecular formula is C14H21NO4S. The Morgan fingerprint density at radius 1 is 1.25 bits per heavy atom. The number of morpholine rings is 1. The van der Waals surface area contributed by atoms with Crippen molar-refractivity contribution in [3.63, 3.8) is 0 Å². The molecular weight excluding hydrogens is 278 g/mol. The summed E-state index contributed by atoms with van der Waals surface area (Å²) in [6.45, 7) is 7.14. The zero-order valence-electron chi connectivity index (χ0n) is 12.1. The van der Waals surface area contributed by atoms with Gasteiger partial charge < -0.3 is 9.84 Å². The van der Waals surface area contributed by atoms with Crippen molar-refractivity contribution in [2.75, 3.05) is 26.3 Å². The van der Waals surface area contributed by atoms with E-state index in [2.05, 4.69) is 0 Å². The van der Waals surface area contributed by atoms with Gasteiger partial charge in [-0.3, -0.25) is 0 Å². The normalized spacial score (nSPS) is 17.6. The SMILES string of the molecule is Cc1cc(S(=O)(=O)N2CCOCC2)c(C(C)C)cc1O. The molecule has 2 rings (SSSR count). The van der Waals surface area contributed by atoms with Gasteiger partial charge in [-0.1, -0.05) is 13.8 Å². The maximum atomic E-state index is 12.8. The van der Waals surface area contributed by atoms with Gasteiger partial charge >= 0.3 is 0 Å². The van der Waals surface area contributed by atoms with E-state index in [-0.39, 0.29) is 11.7 Å². The number of rotatable bonds is 3. The fourth-order valence-corrected chi connectivity index (χ4v) is 4.11. The van der Waals surface area contributed by atoms with Crippen LogP contribution in [0.4, 0.5) is 0 Å². The standard InChI is InChI=1S/C14H21NO4S/c1-10(2)12-9-13(16)11(3)8-14(12)20(17,18)15-4-6-19-7-5-15/h8-10,16H,4-7H2,1-3H3. The van der Waals surface area contributed by atoms with E-state index in [0.29, 0.717) is 42.3 Å². The molecule has 0 unspecified atom stereocenters. The molecule has 1 N–H and O–H groups in total. The molecule has 0 saturated carbocycles. The van der Waals surface area contributed by atoms with Gasteiger partial charge in [0.05, 0.1) is 18.1 Å². The van der Waals surface area contributed by atoms with Crippen molar-refractivity contribution < 1.29 is 18.3 Å². The molecule has 0 radical (unpaired) electrons. The van der Waals surface area contributed by atoms with Crippen LogP contribution < -0.4 is 0 Å². The first-order valence-electron chi connectivity index (χ1n) is 6.75. The summed E-state index contributed by atoms with van der Waals surface area (Å²) in [6, 6.07) is 3.13. The van der Waals surface area contributed by atoms with Crippen molar-refractivity contribution in [2.45, 2.75) is 31.6 Å². The number of benzene rings is 1. The predicted molar refractivity (Wildman–Crippen MR) is 76.5 cm³/mol. The summed E-state index contributed by atoms with van der Waals surface area (Å²) in [5, 5.41) is 9.82. The Labute approximate surface area is 120 Å². The van der Waals surface area contributed by atoms with Crippen LogP contribution in [0.1, 0.15) is 30.9 Å². The molecule has 0 spiro atoms. The fraction of sp³-hybridized carbons (Fsp3) is 0.571. The quantitative estimate of drug-likeness (QED) is 0.925. The molecule has 6 heteroatoms. The van der Waals surface area contributed by atoms with Gasteiger partial charge in [0.2, 0.25) is 10.0 Å². The Kier molecular flexibility index (Phi) is 4.36. The second kappa shape index (κ2) is 5.71. The number of hydrogen-bond acceptors (Lipinski definition) is 4. The van der Waals surface area contributed by atoms with E-state index >= 15 is 0 Å². The maximum absolute atomic E-state index is 12.8. The van der Waals surface area contributed by atoms with Crippen LogP contribution in [-0.4, -0.2) is 44.1 Å². The topological polar surface area (TPSA) is 66.8 Å². The van der Waals surface area contributed by atoms with E-state index in [1.54, 1.807) is 19.1 Å². The van der Waals surface area contributed by atoms with Crippen LogP contribution in [0, 0.1) is 6.92 Å². The minimum Gasteiger partial charge on any atom is -0.508 e. The van der Waals surface area contributed by atoms with Crippen molar-refractivity contribution in [2.24, 2.45) is 0 Å². The zero-order chi connectivity index (χ0) is 14.9. The van der Waals surface area contributed by atoms with Gasteiger partial charge in [-0.2, -0.15) is 4.31 Å². The fourth-order valence-electron chi connectivity index (χ4n) is 2.29. The highest BCUT2D eigenvalue weighted by atomic mass is 32.2. The van der Waals surface area contributed by atoms with Gasteiger partial charge in [0.25, 0.3) is 0 Å². The van der Waals surface area contributed by atoms with E-state index in [1.807, 2.05) is 13.8 Å². The molecule has 5 nitrogen and oxygen atoms in total. The Morgan fingerprint density at radius 3 is 2.40 bits per heavy atom. The number of phenolic OH excluding ortho intramolecular Hbond substituents is 1. The average molecular weight is 299 g/mol. The lowest BCUT2D eigenvalue weighted by Crippen LogP contribution is -2.41. The predicted octanol–water partition coefficient (Wildman–Crippen LogP) is 1.84. The summed E-state index contributed by atoms with van der Waals surface area (Å²) in [7, 11) is -3.53. The lowest BCUT2D eigenvalue weighted by molar-refractivity contribution is 0.0730. The molecule has 1 heterocycles. The maximum Gasteiger partial charge on any atom is 0.243 e. The van der Waals surface area contributed by atoms with Gasteiger partial charge in [0.15, 0.2) is 0 Å². The van der Waals surface area contributed by atoms with Gasteiger partial charge in [-0.05, 0) is 36.1 Å². The lowest BCUT2D eigenvalue weighted by Gasteiger charge is -2.27. The van der Waals surface area contributed by atoms with Crippen LogP contribution in [0.15, 0.2) is 17.0 Å². The molecule has 0 bridgehead atoms. The molecule has 0 atom stereocenters. The van der Waals surface area contributed by atoms with Crippen LogP contribution >= 0.6 is 0 Å². The number of hydrogen-bond donors (Lipinski definition) is 1. The third-order valence-electron chi connectivity index (χ3n) is 3.54. The number of ether oxygens (including phenoxy) is 1. The van der Waals surface area contributed by atoms with Crippen molar-refractivity contribution in [3.05, 3.63) is 23.3 Å². The van der Waals surface area contributed by atoms with Crippen LogP contribution in [0.25, 0.3) is 0 Å². The van der Waals surface area contributed by atoms with E-state index in [9.17, 15) is 13.5 Å². The first kappa shape index (κ1) is 15.3. The molecule has 1 aromatic rings.